The SMILES string of the molecule is CN1CCN(c2ccc(Br)cc2OC(F)(F)F)CC1. The Labute approximate surface area is 118 Å². The van der Waals surface area contributed by atoms with Crippen LogP contribution in [0.4, 0.5) is 18.9 Å². The third-order valence-electron chi connectivity index (χ3n) is 2.99. The molecule has 1 heterocycles. The lowest BCUT2D eigenvalue weighted by Gasteiger charge is -2.34. The van der Waals surface area contributed by atoms with E-state index in [1.54, 1.807) is 12.1 Å². The number of rotatable bonds is 2. The van der Waals surface area contributed by atoms with Crippen LogP contribution in [0.2, 0.25) is 0 Å². The number of hydrogen-bond donors (Lipinski definition) is 0. The second-order valence-electron chi connectivity index (χ2n) is 4.45. The first-order valence-electron chi connectivity index (χ1n) is 5.84. The molecule has 0 bridgehead atoms. The van der Waals surface area contributed by atoms with Gasteiger partial charge in [0.25, 0.3) is 0 Å². The molecule has 0 N–H and O–H groups in total. The van der Waals surface area contributed by atoms with Crippen LogP contribution in [0.1, 0.15) is 0 Å². The van der Waals surface area contributed by atoms with E-state index in [-0.39, 0.29) is 5.75 Å². The normalized spacial score (nSPS) is 17.6. The fourth-order valence-electron chi connectivity index (χ4n) is 2.00. The zero-order valence-corrected chi connectivity index (χ0v) is 12.0. The van der Waals surface area contributed by atoms with Crippen LogP contribution in [0.5, 0.6) is 5.75 Å². The minimum Gasteiger partial charge on any atom is -0.404 e. The van der Waals surface area contributed by atoms with Gasteiger partial charge >= 0.3 is 6.36 Å². The highest BCUT2D eigenvalue weighted by Gasteiger charge is 2.33. The maximum absolute atomic E-state index is 12.4. The van der Waals surface area contributed by atoms with Crippen molar-refractivity contribution in [3.63, 3.8) is 0 Å². The number of hydrogen-bond acceptors (Lipinski definition) is 3. The van der Waals surface area contributed by atoms with Gasteiger partial charge in [-0.15, -0.1) is 13.2 Å². The number of benzene rings is 1. The molecule has 1 aliphatic heterocycles. The molecule has 0 spiro atoms. The number of likely N-dealkylation sites (N-methyl/N-ethyl adjacent to an activating group) is 1. The van der Waals surface area contributed by atoms with E-state index in [1.807, 2.05) is 11.9 Å². The van der Waals surface area contributed by atoms with Crippen LogP contribution < -0.4 is 9.64 Å². The summed E-state index contributed by atoms with van der Waals surface area (Å²) in [5.74, 6) is -0.161. The summed E-state index contributed by atoms with van der Waals surface area (Å²) in [7, 11) is 1.99. The predicted octanol–water partition coefficient (Wildman–Crippen LogP) is 3.10. The second-order valence-corrected chi connectivity index (χ2v) is 5.37. The Hall–Kier alpha value is -0.950. The number of halogens is 4. The summed E-state index contributed by atoms with van der Waals surface area (Å²) in [6.07, 6.45) is -4.68. The summed E-state index contributed by atoms with van der Waals surface area (Å²) in [5, 5.41) is 0. The van der Waals surface area contributed by atoms with Crippen LogP contribution in [0, 0.1) is 0 Å². The first-order valence-corrected chi connectivity index (χ1v) is 6.63. The lowest BCUT2D eigenvalue weighted by Crippen LogP contribution is -2.44. The molecule has 0 radical (unpaired) electrons. The van der Waals surface area contributed by atoms with Crippen molar-refractivity contribution in [2.45, 2.75) is 6.36 Å². The smallest absolute Gasteiger partial charge is 0.404 e. The monoisotopic (exact) mass is 338 g/mol. The maximum Gasteiger partial charge on any atom is 0.573 e. The van der Waals surface area contributed by atoms with Crippen molar-refractivity contribution >= 4 is 21.6 Å². The van der Waals surface area contributed by atoms with Gasteiger partial charge in [0, 0.05) is 30.7 Å². The topological polar surface area (TPSA) is 15.7 Å². The zero-order chi connectivity index (χ0) is 14.0. The summed E-state index contributed by atoms with van der Waals surface area (Å²) >= 11 is 3.16. The van der Waals surface area contributed by atoms with Crippen molar-refractivity contribution in [1.29, 1.82) is 0 Å². The third kappa shape index (κ3) is 4.01. The summed E-state index contributed by atoms with van der Waals surface area (Å²) in [5.41, 5.74) is 0.480. The van der Waals surface area contributed by atoms with E-state index in [0.29, 0.717) is 23.2 Å². The first kappa shape index (κ1) is 14.5. The van der Waals surface area contributed by atoms with Crippen LogP contribution in [-0.4, -0.2) is 44.5 Å². The minimum atomic E-state index is -4.68. The van der Waals surface area contributed by atoms with Gasteiger partial charge < -0.3 is 14.5 Å². The van der Waals surface area contributed by atoms with Crippen molar-refractivity contribution in [2.75, 3.05) is 38.1 Å². The molecule has 1 aliphatic rings. The van der Waals surface area contributed by atoms with Gasteiger partial charge in [-0.25, -0.2) is 0 Å². The molecule has 106 valence electrons. The first-order chi connectivity index (χ1) is 8.85. The number of nitrogens with zero attached hydrogens (tertiary/aromatic N) is 2. The van der Waals surface area contributed by atoms with Crippen molar-refractivity contribution in [2.24, 2.45) is 0 Å². The Morgan fingerprint density at radius 2 is 1.79 bits per heavy atom. The average Bonchev–Trinajstić information content (AvgIpc) is 2.29. The molecule has 0 amide bonds. The third-order valence-corrected chi connectivity index (χ3v) is 3.48. The van der Waals surface area contributed by atoms with E-state index in [4.69, 9.17) is 0 Å². The minimum absolute atomic E-state index is 0.161. The van der Waals surface area contributed by atoms with E-state index >= 15 is 0 Å². The molecule has 0 unspecified atom stereocenters. The summed E-state index contributed by atoms with van der Waals surface area (Å²) < 4.78 is 41.9. The van der Waals surface area contributed by atoms with E-state index in [2.05, 4.69) is 25.6 Å². The van der Waals surface area contributed by atoms with Crippen molar-refractivity contribution in [1.82, 2.24) is 4.90 Å². The number of ether oxygens (including phenoxy) is 1. The van der Waals surface area contributed by atoms with E-state index in [9.17, 15) is 13.2 Å². The Bertz CT molecular complexity index is 445. The largest absolute Gasteiger partial charge is 0.573 e. The molecule has 1 aromatic carbocycles. The van der Waals surface area contributed by atoms with Crippen molar-refractivity contribution in [3.05, 3.63) is 22.7 Å². The highest BCUT2D eigenvalue weighted by molar-refractivity contribution is 9.10. The highest BCUT2D eigenvalue weighted by Crippen LogP contribution is 2.35. The lowest BCUT2D eigenvalue weighted by molar-refractivity contribution is -0.274. The van der Waals surface area contributed by atoms with Gasteiger partial charge in [-0.05, 0) is 25.2 Å². The predicted molar refractivity (Wildman–Crippen MR) is 70.5 cm³/mol. The van der Waals surface area contributed by atoms with Gasteiger partial charge in [-0.3, -0.25) is 0 Å². The highest BCUT2D eigenvalue weighted by atomic mass is 79.9. The van der Waals surface area contributed by atoms with Gasteiger partial charge in [0.2, 0.25) is 0 Å². The molecule has 0 atom stereocenters. The van der Waals surface area contributed by atoms with E-state index in [1.165, 1.54) is 6.07 Å². The van der Waals surface area contributed by atoms with Crippen LogP contribution >= 0.6 is 15.9 Å². The second kappa shape index (κ2) is 5.58. The van der Waals surface area contributed by atoms with Crippen molar-refractivity contribution in [3.8, 4) is 5.75 Å². The number of anilines is 1. The van der Waals surface area contributed by atoms with Gasteiger partial charge in [0.05, 0.1) is 5.69 Å². The fourth-order valence-corrected chi connectivity index (χ4v) is 2.34. The average molecular weight is 339 g/mol. The molecular formula is C12H14BrF3N2O. The van der Waals surface area contributed by atoms with Gasteiger partial charge in [-0.2, -0.15) is 0 Å². The van der Waals surface area contributed by atoms with E-state index < -0.39 is 6.36 Å². The Morgan fingerprint density at radius 3 is 2.37 bits per heavy atom. The Balaban J connectivity index is 2.24. The molecule has 0 aliphatic carbocycles. The Morgan fingerprint density at radius 1 is 1.16 bits per heavy atom. The summed E-state index contributed by atoms with van der Waals surface area (Å²) in [6, 6.07) is 4.72. The van der Waals surface area contributed by atoms with Crippen LogP contribution in [-0.2, 0) is 0 Å². The molecular weight excluding hydrogens is 325 g/mol. The molecule has 0 saturated carbocycles. The van der Waals surface area contributed by atoms with Crippen LogP contribution in [0.15, 0.2) is 22.7 Å². The maximum atomic E-state index is 12.4. The molecule has 1 saturated heterocycles. The molecule has 7 heteroatoms. The van der Waals surface area contributed by atoms with Crippen LogP contribution in [0.25, 0.3) is 0 Å². The molecule has 3 nitrogen and oxygen atoms in total. The number of piperazine rings is 1. The zero-order valence-electron chi connectivity index (χ0n) is 10.4. The standard InChI is InChI=1S/C12H14BrF3N2O/c1-17-4-6-18(7-5-17)10-3-2-9(13)8-11(10)19-12(14,15)16/h2-3,8H,4-7H2,1H3. The van der Waals surface area contributed by atoms with Crippen LogP contribution in [0.3, 0.4) is 0 Å². The molecule has 1 aromatic rings. The Kier molecular flexibility index (Phi) is 4.25. The van der Waals surface area contributed by atoms with Gasteiger partial charge in [-0.1, -0.05) is 15.9 Å². The molecule has 1 fully saturated rings. The van der Waals surface area contributed by atoms with Gasteiger partial charge in [0.15, 0.2) is 5.75 Å². The number of alkyl halides is 3. The van der Waals surface area contributed by atoms with Crippen molar-refractivity contribution < 1.29 is 17.9 Å². The van der Waals surface area contributed by atoms with E-state index in [0.717, 1.165) is 13.1 Å². The molecule has 2 rings (SSSR count). The van der Waals surface area contributed by atoms with Gasteiger partial charge in [0.1, 0.15) is 0 Å². The quantitative estimate of drug-likeness (QED) is 0.824. The summed E-state index contributed by atoms with van der Waals surface area (Å²) in [4.78, 5) is 4.05. The lowest BCUT2D eigenvalue weighted by atomic mass is 10.2. The molecule has 0 aromatic heterocycles. The fraction of sp³-hybridized carbons (Fsp3) is 0.500. The summed E-state index contributed by atoms with van der Waals surface area (Å²) in [6.45, 7) is 3.02. The molecule has 19 heavy (non-hydrogen) atoms.